The normalized spacial score (nSPS) is 7.00. The predicted octanol–water partition coefficient (Wildman–Crippen LogP) is 0.152. The van der Waals surface area contributed by atoms with Crippen LogP contribution in [-0.2, 0) is 0 Å². The summed E-state index contributed by atoms with van der Waals surface area (Å²) in [7, 11) is 1.85. The quantitative estimate of drug-likeness (QED) is 0.495. The molecular formula is C3H11ClN2. The molecule has 3 heteroatoms. The van der Waals surface area contributed by atoms with Crippen molar-refractivity contribution in [3.05, 3.63) is 0 Å². The summed E-state index contributed by atoms with van der Waals surface area (Å²) in [5.74, 6) is 0. The zero-order valence-electron chi connectivity index (χ0n) is 4.12. The van der Waals surface area contributed by atoms with Crippen LogP contribution in [0.1, 0.15) is 6.92 Å². The molecule has 40 valence electrons. The van der Waals surface area contributed by atoms with Crippen LogP contribution in [0.2, 0.25) is 0 Å². The van der Waals surface area contributed by atoms with E-state index in [9.17, 15) is 0 Å². The summed E-state index contributed by atoms with van der Waals surface area (Å²) in [6.07, 6.45) is 0. The van der Waals surface area contributed by atoms with Crippen LogP contribution in [0.5, 0.6) is 0 Å². The lowest BCUT2D eigenvalue weighted by atomic mass is 10.8. The van der Waals surface area contributed by atoms with Gasteiger partial charge in [0, 0.05) is 6.54 Å². The Morgan fingerprint density at radius 1 is 1.50 bits per heavy atom. The molecule has 0 atom stereocenters. The minimum atomic E-state index is 0. The largest absolute Gasteiger partial charge is 0.261 e. The maximum Gasteiger partial charge on any atom is 0.00712 e. The standard InChI is InChI=1S/C3H10N2.ClH/c1-3-5-4-2;/h4-5H,3H2,1-2H3;1H. The highest BCUT2D eigenvalue weighted by molar-refractivity contribution is 5.85. The van der Waals surface area contributed by atoms with Crippen LogP contribution in [0, 0.1) is 0 Å². The first-order valence-electron chi connectivity index (χ1n) is 1.81. The van der Waals surface area contributed by atoms with E-state index in [1.165, 1.54) is 0 Å². The minimum Gasteiger partial charge on any atom is -0.261 e. The summed E-state index contributed by atoms with van der Waals surface area (Å²) in [4.78, 5) is 0. The van der Waals surface area contributed by atoms with E-state index in [1.54, 1.807) is 0 Å². The average Bonchev–Trinajstić information content (AvgIpc) is 1.41. The number of hydrogen-bond acceptors (Lipinski definition) is 2. The lowest BCUT2D eigenvalue weighted by molar-refractivity contribution is 0.623. The lowest BCUT2D eigenvalue weighted by Gasteiger charge is -1.90. The second-order valence-electron chi connectivity index (χ2n) is 0.780. The van der Waals surface area contributed by atoms with Crippen molar-refractivity contribution < 1.29 is 0 Å². The van der Waals surface area contributed by atoms with Crippen molar-refractivity contribution >= 4 is 12.4 Å². The average molecular weight is 111 g/mol. The highest BCUT2D eigenvalue weighted by Crippen LogP contribution is 1.36. The summed E-state index contributed by atoms with van der Waals surface area (Å²) in [5.41, 5.74) is 5.63. The van der Waals surface area contributed by atoms with Crippen molar-refractivity contribution in [2.45, 2.75) is 6.92 Å². The summed E-state index contributed by atoms with van der Waals surface area (Å²) >= 11 is 0. The Morgan fingerprint density at radius 2 is 2.00 bits per heavy atom. The summed E-state index contributed by atoms with van der Waals surface area (Å²) in [6.45, 7) is 3.02. The Kier molecular flexibility index (Phi) is 14.2. The topological polar surface area (TPSA) is 24.1 Å². The van der Waals surface area contributed by atoms with E-state index < -0.39 is 0 Å². The van der Waals surface area contributed by atoms with Crippen LogP contribution in [0.3, 0.4) is 0 Å². The van der Waals surface area contributed by atoms with Crippen LogP contribution in [-0.4, -0.2) is 13.6 Å². The van der Waals surface area contributed by atoms with Crippen molar-refractivity contribution in [3.63, 3.8) is 0 Å². The molecule has 0 fully saturated rings. The van der Waals surface area contributed by atoms with Crippen LogP contribution in [0.15, 0.2) is 0 Å². The molecule has 2 nitrogen and oxygen atoms in total. The Labute approximate surface area is 44.7 Å². The number of hydrogen-bond donors (Lipinski definition) is 2. The zero-order valence-corrected chi connectivity index (χ0v) is 4.93. The lowest BCUT2D eigenvalue weighted by Crippen LogP contribution is -2.26. The Bertz CT molecular complexity index is 16.3. The van der Waals surface area contributed by atoms with Gasteiger partial charge in [-0.05, 0) is 7.05 Å². The third-order valence-electron chi connectivity index (χ3n) is 0.354. The highest BCUT2D eigenvalue weighted by atomic mass is 35.5. The molecule has 0 aromatic rings. The highest BCUT2D eigenvalue weighted by Gasteiger charge is 1.59. The molecule has 0 saturated carbocycles. The van der Waals surface area contributed by atoms with Gasteiger partial charge in [-0.25, -0.2) is 0 Å². The summed E-state index contributed by atoms with van der Waals surface area (Å²) in [5, 5.41) is 0. The predicted molar refractivity (Wildman–Crippen MR) is 30.0 cm³/mol. The van der Waals surface area contributed by atoms with E-state index in [1.807, 2.05) is 14.0 Å². The van der Waals surface area contributed by atoms with Gasteiger partial charge in [0.2, 0.25) is 0 Å². The maximum absolute atomic E-state index is 2.86. The molecule has 6 heavy (non-hydrogen) atoms. The molecular weight excluding hydrogens is 99.5 g/mol. The van der Waals surface area contributed by atoms with Crippen LogP contribution < -0.4 is 10.9 Å². The molecule has 0 saturated heterocycles. The Morgan fingerprint density at radius 3 is 2.00 bits per heavy atom. The molecule has 0 heterocycles. The number of nitrogens with one attached hydrogen (secondary N) is 2. The minimum absolute atomic E-state index is 0. The van der Waals surface area contributed by atoms with E-state index >= 15 is 0 Å². The first kappa shape index (κ1) is 9.51. The molecule has 0 aromatic carbocycles. The van der Waals surface area contributed by atoms with Crippen molar-refractivity contribution in [2.24, 2.45) is 0 Å². The van der Waals surface area contributed by atoms with E-state index in [4.69, 9.17) is 0 Å². The monoisotopic (exact) mass is 110 g/mol. The third kappa shape index (κ3) is 8.88. The van der Waals surface area contributed by atoms with Gasteiger partial charge in [-0.3, -0.25) is 10.9 Å². The molecule has 0 rings (SSSR count). The molecule has 0 aliphatic rings. The van der Waals surface area contributed by atoms with Gasteiger partial charge in [-0.1, -0.05) is 6.92 Å². The van der Waals surface area contributed by atoms with Crippen LogP contribution in [0.4, 0.5) is 0 Å². The summed E-state index contributed by atoms with van der Waals surface area (Å²) in [6, 6.07) is 0. The van der Waals surface area contributed by atoms with Gasteiger partial charge in [-0.15, -0.1) is 12.4 Å². The molecule has 0 amide bonds. The van der Waals surface area contributed by atoms with Crippen LogP contribution in [0.25, 0.3) is 0 Å². The Balaban J connectivity index is 0. The van der Waals surface area contributed by atoms with Gasteiger partial charge in [0.05, 0.1) is 0 Å². The van der Waals surface area contributed by atoms with E-state index in [-0.39, 0.29) is 12.4 Å². The zero-order chi connectivity index (χ0) is 4.12. The van der Waals surface area contributed by atoms with Gasteiger partial charge in [-0.2, -0.15) is 0 Å². The molecule has 0 aromatic heterocycles. The first-order valence-corrected chi connectivity index (χ1v) is 1.81. The molecule has 0 radical (unpaired) electrons. The van der Waals surface area contributed by atoms with Gasteiger partial charge in [0.1, 0.15) is 0 Å². The molecule has 0 bridgehead atoms. The first-order chi connectivity index (χ1) is 2.41. The third-order valence-corrected chi connectivity index (χ3v) is 0.354. The molecule has 0 aliphatic carbocycles. The van der Waals surface area contributed by atoms with E-state index in [0.717, 1.165) is 6.54 Å². The van der Waals surface area contributed by atoms with Crippen LogP contribution >= 0.6 is 12.4 Å². The molecule has 0 aliphatic heterocycles. The van der Waals surface area contributed by atoms with Crippen molar-refractivity contribution in [1.82, 2.24) is 10.9 Å². The number of halogens is 1. The van der Waals surface area contributed by atoms with Crippen molar-refractivity contribution in [2.75, 3.05) is 13.6 Å². The van der Waals surface area contributed by atoms with Gasteiger partial charge in [0.15, 0.2) is 0 Å². The number of hydrazine groups is 1. The summed E-state index contributed by atoms with van der Waals surface area (Å²) < 4.78 is 0. The van der Waals surface area contributed by atoms with E-state index in [0.29, 0.717) is 0 Å². The van der Waals surface area contributed by atoms with E-state index in [2.05, 4.69) is 10.9 Å². The number of rotatable bonds is 2. The molecule has 0 unspecified atom stereocenters. The molecule has 2 N–H and O–H groups in total. The van der Waals surface area contributed by atoms with Gasteiger partial charge in [0.25, 0.3) is 0 Å². The van der Waals surface area contributed by atoms with Crippen molar-refractivity contribution in [3.8, 4) is 0 Å². The Hall–Kier alpha value is 0.210. The second kappa shape index (κ2) is 8.96. The maximum atomic E-state index is 2.86. The fourth-order valence-corrected chi connectivity index (χ4v) is 0.177. The van der Waals surface area contributed by atoms with Gasteiger partial charge >= 0.3 is 0 Å². The molecule has 0 spiro atoms. The fourth-order valence-electron chi connectivity index (χ4n) is 0.177. The fraction of sp³-hybridized carbons (Fsp3) is 1.00. The smallest absolute Gasteiger partial charge is 0.00712 e. The second-order valence-corrected chi connectivity index (χ2v) is 0.780. The SMILES string of the molecule is CCNNC.Cl. The van der Waals surface area contributed by atoms with Gasteiger partial charge < -0.3 is 0 Å². The van der Waals surface area contributed by atoms with Crippen molar-refractivity contribution in [1.29, 1.82) is 0 Å².